The zero-order valence-electron chi connectivity index (χ0n) is 5.48. The Kier molecular flexibility index (Phi) is 2.07. The molecule has 0 bridgehead atoms. The molecule has 0 saturated heterocycles. The van der Waals surface area contributed by atoms with E-state index in [9.17, 15) is 13.2 Å². The van der Waals surface area contributed by atoms with E-state index in [4.69, 9.17) is 15.8 Å². The molecule has 1 aromatic rings. The fourth-order valence-corrected chi connectivity index (χ4v) is 1.53. The topological polar surface area (TPSA) is 100 Å². The third-order valence-electron chi connectivity index (χ3n) is 1.08. The Hall–Kier alpha value is -1.08. The zero-order valence-corrected chi connectivity index (χ0v) is 7.06. The molecule has 1 rings (SSSR count). The first-order valence-electron chi connectivity index (χ1n) is 2.64. The average molecular weight is 211 g/mol. The maximum Gasteiger partial charge on any atom is 0.340 e. The molecule has 0 amide bonds. The van der Waals surface area contributed by atoms with Crippen LogP contribution < -0.4 is 0 Å². The van der Waals surface area contributed by atoms with Crippen molar-refractivity contribution in [2.24, 2.45) is 0 Å². The van der Waals surface area contributed by atoms with E-state index in [0.717, 1.165) is 6.20 Å². The quantitative estimate of drug-likeness (QED) is 0.671. The van der Waals surface area contributed by atoms with Crippen molar-refractivity contribution >= 4 is 25.7 Å². The monoisotopic (exact) mass is 210 g/mol. The summed E-state index contributed by atoms with van der Waals surface area (Å²) in [5.74, 6) is -1.40. The summed E-state index contributed by atoms with van der Waals surface area (Å²) in [6.07, 6.45) is 0.873. The number of aromatic carboxylic acids is 1. The Bertz CT molecular complexity index is 408. The van der Waals surface area contributed by atoms with Gasteiger partial charge in [-0.25, -0.2) is 13.2 Å². The summed E-state index contributed by atoms with van der Waals surface area (Å²) in [7, 11) is 0.825. The van der Waals surface area contributed by atoms with Crippen molar-refractivity contribution in [3.63, 3.8) is 0 Å². The first-order chi connectivity index (χ1) is 5.43. The number of nitrogens with one attached hydrogen (secondary N) is 1. The molecule has 66 valence electrons. The van der Waals surface area contributed by atoms with Gasteiger partial charge in [-0.15, -0.1) is 0 Å². The molecular formula is C4H3ClN2O4S. The highest BCUT2D eigenvalue weighted by molar-refractivity contribution is 8.13. The first-order valence-corrected chi connectivity index (χ1v) is 4.95. The van der Waals surface area contributed by atoms with Crippen molar-refractivity contribution in [1.82, 2.24) is 10.2 Å². The molecule has 0 aliphatic heterocycles. The number of H-pyrrole nitrogens is 1. The van der Waals surface area contributed by atoms with Gasteiger partial charge in [-0.1, -0.05) is 0 Å². The number of hydrogen-bond donors (Lipinski definition) is 2. The van der Waals surface area contributed by atoms with E-state index in [-0.39, 0.29) is 0 Å². The van der Waals surface area contributed by atoms with E-state index in [1.165, 1.54) is 0 Å². The molecule has 1 heterocycles. The van der Waals surface area contributed by atoms with Crippen LogP contribution in [0.15, 0.2) is 11.2 Å². The van der Waals surface area contributed by atoms with Crippen LogP contribution in [-0.4, -0.2) is 29.7 Å². The van der Waals surface area contributed by atoms with Gasteiger partial charge >= 0.3 is 5.97 Å². The van der Waals surface area contributed by atoms with Crippen molar-refractivity contribution in [3.8, 4) is 0 Å². The van der Waals surface area contributed by atoms with Crippen molar-refractivity contribution in [1.29, 1.82) is 0 Å². The summed E-state index contributed by atoms with van der Waals surface area (Å²) in [4.78, 5) is 10.3. The van der Waals surface area contributed by atoms with E-state index < -0.39 is 25.6 Å². The predicted molar refractivity (Wildman–Crippen MR) is 38.6 cm³/mol. The highest BCUT2D eigenvalue weighted by atomic mass is 35.7. The SMILES string of the molecule is O=C(O)c1cn[nH]c1S(=O)(=O)Cl. The fourth-order valence-electron chi connectivity index (χ4n) is 0.613. The lowest BCUT2D eigenvalue weighted by Crippen LogP contribution is -2.02. The average Bonchev–Trinajstić information content (AvgIpc) is 2.30. The van der Waals surface area contributed by atoms with Gasteiger partial charge in [-0.3, -0.25) is 5.10 Å². The molecule has 0 aliphatic rings. The smallest absolute Gasteiger partial charge is 0.340 e. The molecule has 6 nitrogen and oxygen atoms in total. The van der Waals surface area contributed by atoms with Crippen LogP contribution in [0.1, 0.15) is 10.4 Å². The molecule has 0 unspecified atom stereocenters. The largest absolute Gasteiger partial charge is 0.478 e. The maximum absolute atomic E-state index is 10.7. The number of aromatic nitrogens is 2. The van der Waals surface area contributed by atoms with Gasteiger partial charge in [0.1, 0.15) is 5.56 Å². The van der Waals surface area contributed by atoms with Gasteiger partial charge in [0.15, 0.2) is 5.03 Å². The van der Waals surface area contributed by atoms with Gasteiger partial charge in [0.2, 0.25) is 0 Å². The number of halogens is 1. The standard InChI is InChI=1S/C4H3ClN2O4S/c5-12(10,11)3-2(4(8)9)1-6-7-3/h1H,(H,6,7)(H,8,9). The Balaban J connectivity index is 3.36. The van der Waals surface area contributed by atoms with Crippen LogP contribution in [-0.2, 0) is 9.05 Å². The minimum Gasteiger partial charge on any atom is -0.478 e. The van der Waals surface area contributed by atoms with Crippen LogP contribution in [0.4, 0.5) is 0 Å². The van der Waals surface area contributed by atoms with Crippen LogP contribution in [0.2, 0.25) is 0 Å². The molecule has 2 N–H and O–H groups in total. The van der Waals surface area contributed by atoms with Crippen LogP contribution in [0.5, 0.6) is 0 Å². The molecule has 0 aromatic carbocycles. The molecule has 0 spiro atoms. The second kappa shape index (κ2) is 2.76. The van der Waals surface area contributed by atoms with Gasteiger partial charge in [-0.05, 0) is 0 Å². The normalized spacial score (nSPS) is 11.4. The summed E-state index contributed by atoms with van der Waals surface area (Å²) in [5.41, 5.74) is -0.468. The minimum absolute atomic E-state index is 0.468. The highest BCUT2D eigenvalue weighted by Gasteiger charge is 2.22. The Labute approximate surface area is 71.6 Å². The first kappa shape index (κ1) is 9.01. The van der Waals surface area contributed by atoms with E-state index in [0.29, 0.717) is 0 Å². The van der Waals surface area contributed by atoms with Crippen molar-refractivity contribution in [2.45, 2.75) is 5.03 Å². The molecule has 0 aliphatic carbocycles. The van der Waals surface area contributed by atoms with Crippen LogP contribution in [0, 0.1) is 0 Å². The zero-order chi connectivity index (χ0) is 9.35. The highest BCUT2D eigenvalue weighted by Crippen LogP contribution is 2.15. The summed E-state index contributed by atoms with van der Waals surface area (Å²) in [6.45, 7) is 0. The lowest BCUT2D eigenvalue weighted by Gasteiger charge is -1.91. The van der Waals surface area contributed by atoms with Crippen molar-refractivity contribution < 1.29 is 18.3 Å². The van der Waals surface area contributed by atoms with Crippen molar-refractivity contribution in [2.75, 3.05) is 0 Å². The van der Waals surface area contributed by atoms with Crippen LogP contribution in [0.25, 0.3) is 0 Å². The van der Waals surface area contributed by atoms with Crippen LogP contribution >= 0.6 is 10.7 Å². The van der Waals surface area contributed by atoms with Crippen molar-refractivity contribution in [3.05, 3.63) is 11.8 Å². The predicted octanol–water partition coefficient (Wildman–Crippen LogP) is 0.0354. The Morgan fingerprint density at radius 3 is 2.58 bits per heavy atom. The summed E-state index contributed by atoms with van der Waals surface area (Å²) in [6, 6.07) is 0. The number of carbonyl (C=O) groups is 1. The van der Waals surface area contributed by atoms with Crippen LogP contribution in [0.3, 0.4) is 0 Å². The Morgan fingerprint density at radius 1 is 1.67 bits per heavy atom. The number of hydrogen-bond acceptors (Lipinski definition) is 4. The second-order valence-electron chi connectivity index (χ2n) is 1.86. The molecule has 0 fully saturated rings. The van der Waals surface area contributed by atoms with E-state index in [1.54, 1.807) is 0 Å². The number of carboxylic acid groups (broad SMARTS) is 1. The lowest BCUT2D eigenvalue weighted by atomic mass is 10.4. The molecule has 1 aromatic heterocycles. The molecule has 0 atom stereocenters. The molecular weight excluding hydrogens is 208 g/mol. The minimum atomic E-state index is -4.06. The van der Waals surface area contributed by atoms with Gasteiger partial charge < -0.3 is 5.11 Å². The molecule has 12 heavy (non-hydrogen) atoms. The number of nitrogens with zero attached hydrogens (tertiary/aromatic N) is 1. The summed E-state index contributed by atoms with van der Waals surface area (Å²) < 4.78 is 21.3. The lowest BCUT2D eigenvalue weighted by molar-refractivity contribution is 0.0693. The molecule has 8 heteroatoms. The number of rotatable bonds is 2. The Morgan fingerprint density at radius 2 is 2.25 bits per heavy atom. The third kappa shape index (κ3) is 1.56. The fraction of sp³-hybridized carbons (Fsp3) is 0. The second-order valence-corrected chi connectivity index (χ2v) is 4.36. The van der Waals surface area contributed by atoms with Gasteiger partial charge in [0, 0.05) is 10.7 Å². The van der Waals surface area contributed by atoms with E-state index in [1.807, 2.05) is 5.10 Å². The van der Waals surface area contributed by atoms with Gasteiger partial charge in [-0.2, -0.15) is 5.10 Å². The van der Waals surface area contributed by atoms with Gasteiger partial charge in [0.25, 0.3) is 9.05 Å². The molecule has 0 saturated carbocycles. The summed E-state index contributed by atoms with van der Waals surface area (Å²) in [5, 5.41) is 13.1. The molecule has 0 radical (unpaired) electrons. The van der Waals surface area contributed by atoms with E-state index in [2.05, 4.69) is 5.10 Å². The number of aromatic amines is 1. The summed E-state index contributed by atoms with van der Waals surface area (Å²) >= 11 is 0. The maximum atomic E-state index is 10.7. The van der Waals surface area contributed by atoms with E-state index >= 15 is 0 Å². The number of carboxylic acids is 1. The van der Waals surface area contributed by atoms with Gasteiger partial charge in [0.05, 0.1) is 6.20 Å². The third-order valence-corrected chi connectivity index (χ3v) is 2.34.